The molecule has 1 heterocycles. The second-order valence-corrected chi connectivity index (χ2v) is 4.17. The molecule has 2 aromatic rings. The highest BCUT2D eigenvalue weighted by Crippen LogP contribution is 2.26. The number of aromatic nitrogens is 1. The van der Waals surface area contributed by atoms with E-state index in [4.69, 9.17) is 5.53 Å². The average molecular weight is 262 g/mol. The second-order valence-electron chi connectivity index (χ2n) is 3.34. The first-order valence-corrected chi connectivity index (χ1v) is 6.08. The lowest BCUT2D eigenvalue weighted by Gasteiger charge is -2.18. The van der Waals surface area contributed by atoms with Gasteiger partial charge in [0.1, 0.15) is 5.82 Å². The van der Waals surface area contributed by atoms with Gasteiger partial charge in [0, 0.05) is 6.20 Å². The Morgan fingerprint density at radius 1 is 1.22 bits per heavy atom. The maximum atomic E-state index is 11.4. The maximum absolute atomic E-state index is 11.4. The van der Waals surface area contributed by atoms with Crippen molar-refractivity contribution in [2.24, 2.45) is 5.11 Å². The van der Waals surface area contributed by atoms with Crippen LogP contribution in [0.1, 0.15) is 0 Å². The molecule has 92 valence electrons. The summed E-state index contributed by atoms with van der Waals surface area (Å²) in [4.78, 5) is 4.03. The van der Waals surface area contributed by atoms with Crippen molar-refractivity contribution in [2.45, 2.75) is 0 Å². The zero-order valence-corrected chi connectivity index (χ0v) is 10.0. The molecule has 0 amide bonds. The van der Waals surface area contributed by atoms with E-state index in [2.05, 4.69) is 10.1 Å². The smallest absolute Gasteiger partial charge is 0.267 e. The zero-order valence-electron chi connectivity index (χ0n) is 9.22. The number of hydrogen-bond donors (Lipinski definition) is 2. The maximum Gasteiger partial charge on any atom is 0.267 e. The number of hydrogen-bond acceptors (Lipinski definition) is 4. The van der Waals surface area contributed by atoms with Crippen LogP contribution in [0.25, 0.3) is 0 Å². The van der Waals surface area contributed by atoms with E-state index in [1.807, 2.05) is 0 Å². The molecule has 2 N–H and O–H groups in total. The van der Waals surface area contributed by atoms with Crippen molar-refractivity contribution in [2.75, 3.05) is 4.31 Å². The Kier molecular flexibility index (Phi) is 3.75. The highest BCUT2D eigenvalue weighted by atomic mass is 32.2. The van der Waals surface area contributed by atoms with Gasteiger partial charge in [0.05, 0.1) is 11.4 Å². The van der Waals surface area contributed by atoms with Gasteiger partial charge in [-0.3, -0.25) is 4.55 Å². The van der Waals surface area contributed by atoms with Crippen molar-refractivity contribution < 1.29 is 8.76 Å². The van der Waals surface area contributed by atoms with Gasteiger partial charge in [-0.15, -0.1) is 0 Å². The fourth-order valence-corrected chi connectivity index (χ4v) is 2.01. The molecule has 0 aliphatic heterocycles. The molecule has 0 bridgehead atoms. The lowest BCUT2D eigenvalue weighted by atomic mass is 10.3. The molecule has 0 fully saturated rings. The molecule has 6 nitrogen and oxygen atoms in total. The number of pyridine rings is 1. The summed E-state index contributed by atoms with van der Waals surface area (Å²) in [6.45, 7) is 0. The first kappa shape index (κ1) is 12.3. The van der Waals surface area contributed by atoms with Gasteiger partial charge in [-0.1, -0.05) is 6.07 Å². The van der Waals surface area contributed by atoms with Crippen molar-refractivity contribution in [1.29, 1.82) is 5.53 Å². The Hall–Kier alpha value is -2.12. The molecule has 0 aliphatic carbocycles. The normalized spacial score (nSPS) is 11.8. The molecular formula is C11H10N4O2S. The second kappa shape index (κ2) is 5.48. The van der Waals surface area contributed by atoms with Gasteiger partial charge in [-0.05, 0) is 36.4 Å². The Labute approximate surface area is 106 Å². The minimum Gasteiger partial charge on any atom is -0.289 e. The molecule has 1 unspecified atom stereocenters. The molecule has 2 rings (SSSR count). The molecule has 1 atom stereocenters. The minimum absolute atomic E-state index is 0.369. The number of benzene rings is 1. The molecule has 18 heavy (non-hydrogen) atoms. The van der Waals surface area contributed by atoms with Crippen molar-refractivity contribution in [3.05, 3.63) is 48.7 Å². The van der Waals surface area contributed by atoms with Gasteiger partial charge in [0.15, 0.2) is 0 Å². The Morgan fingerprint density at radius 3 is 2.44 bits per heavy atom. The third-order valence-corrected chi connectivity index (χ3v) is 2.94. The highest BCUT2D eigenvalue weighted by Gasteiger charge is 2.15. The van der Waals surface area contributed by atoms with Crippen LogP contribution in [-0.4, -0.2) is 13.7 Å². The van der Waals surface area contributed by atoms with E-state index in [0.717, 1.165) is 0 Å². The Bertz CT molecular complexity index is 559. The summed E-state index contributed by atoms with van der Waals surface area (Å²) in [7, 11) is 0. The SMILES string of the molecule is N=Nc1ccc(N(c2ccccn2)S(=O)O)cc1. The molecule has 1 aromatic heterocycles. The number of nitrogens with zero attached hydrogens (tertiary/aromatic N) is 3. The Morgan fingerprint density at radius 2 is 1.94 bits per heavy atom. The van der Waals surface area contributed by atoms with Crippen LogP contribution in [0.5, 0.6) is 0 Å². The quantitative estimate of drug-likeness (QED) is 0.655. The number of nitrogens with one attached hydrogen (secondary N) is 1. The summed E-state index contributed by atoms with van der Waals surface area (Å²) >= 11 is -2.22. The zero-order chi connectivity index (χ0) is 13.0. The summed E-state index contributed by atoms with van der Waals surface area (Å²) in [6, 6.07) is 11.5. The molecule has 7 heteroatoms. The van der Waals surface area contributed by atoms with E-state index >= 15 is 0 Å². The molecule has 1 aromatic carbocycles. The predicted octanol–water partition coefficient (Wildman–Crippen LogP) is 3.02. The summed E-state index contributed by atoms with van der Waals surface area (Å²) in [5.41, 5.74) is 7.84. The van der Waals surface area contributed by atoms with Crippen LogP contribution in [0.4, 0.5) is 17.2 Å². The predicted molar refractivity (Wildman–Crippen MR) is 68.4 cm³/mol. The third kappa shape index (κ3) is 2.58. The van der Waals surface area contributed by atoms with Crippen molar-refractivity contribution in [3.63, 3.8) is 0 Å². The van der Waals surface area contributed by atoms with Crippen molar-refractivity contribution in [3.8, 4) is 0 Å². The van der Waals surface area contributed by atoms with Gasteiger partial charge < -0.3 is 0 Å². The van der Waals surface area contributed by atoms with E-state index in [-0.39, 0.29) is 0 Å². The first-order valence-electron chi connectivity index (χ1n) is 5.02. The number of anilines is 2. The third-order valence-electron chi connectivity index (χ3n) is 2.23. The van der Waals surface area contributed by atoms with Gasteiger partial charge in [-0.25, -0.2) is 19.0 Å². The summed E-state index contributed by atoms with van der Waals surface area (Å²) in [5.74, 6) is 0.369. The summed E-state index contributed by atoms with van der Waals surface area (Å²) in [6.07, 6.45) is 1.54. The minimum atomic E-state index is -2.22. The van der Waals surface area contributed by atoms with Crippen molar-refractivity contribution in [1.82, 2.24) is 4.98 Å². The summed E-state index contributed by atoms with van der Waals surface area (Å²) in [5, 5.41) is 3.27. The number of rotatable bonds is 4. The lowest BCUT2D eigenvalue weighted by Crippen LogP contribution is -2.20. The van der Waals surface area contributed by atoms with Crippen LogP contribution in [0.2, 0.25) is 0 Å². The molecule has 0 saturated carbocycles. The summed E-state index contributed by atoms with van der Waals surface area (Å²) < 4.78 is 21.9. The van der Waals surface area contributed by atoms with E-state index in [1.54, 1.807) is 48.7 Å². The van der Waals surface area contributed by atoms with Crippen molar-refractivity contribution >= 4 is 28.5 Å². The van der Waals surface area contributed by atoms with Crippen LogP contribution in [0.15, 0.2) is 53.8 Å². The van der Waals surface area contributed by atoms with Gasteiger partial charge in [0.2, 0.25) is 0 Å². The topological polar surface area (TPSA) is 89.6 Å². The highest BCUT2D eigenvalue weighted by molar-refractivity contribution is 7.81. The first-order chi connectivity index (χ1) is 8.72. The fraction of sp³-hybridized carbons (Fsp3) is 0. The molecule has 0 aliphatic rings. The molecule has 0 saturated heterocycles. The lowest BCUT2D eigenvalue weighted by molar-refractivity contribution is 0.564. The average Bonchev–Trinajstić information content (AvgIpc) is 2.40. The van der Waals surface area contributed by atoms with Crippen LogP contribution < -0.4 is 4.31 Å². The van der Waals surface area contributed by atoms with Crippen LogP contribution in [-0.2, 0) is 11.3 Å². The van der Waals surface area contributed by atoms with Crippen LogP contribution in [0, 0.1) is 5.53 Å². The molecule has 0 radical (unpaired) electrons. The van der Waals surface area contributed by atoms with Gasteiger partial charge in [-0.2, -0.15) is 5.11 Å². The molecule has 0 spiro atoms. The van der Waals surface area contributed by atoms with E-state index in [9.17, 15) is 8.76 Å². The largest absolute Gasteiger partial charge is 0.289 e. The van der Waals surface area contributed by atoms with Crippen LogP contribution >= 0.6 is 0 Å². The van der Waals surface area contributed by atoms with E-state index in [1.165, 1.54) is 4.31 Å². The molecular weight excluding hydrogens is 252 g/mol. The Balaban J connectivity index is 2.42. The van der Waals surface area contributed by atoms with E-state index in [0.29, 0.717) is 17.2 Å². The van der Waals surface area contributed by atoms with Gasteiger partial charge in [0.25, 0.3) is 11.3 Å². The van der Waals surface area contributed by atoms with Crippen LogP contribution in [0.3, 0.4) is 0 Å². The monoisotopic (exact) mass is 262 g/mol. The fourth-order valence-electron chi connectivity index (χ4n) is 1.44. The standard InChI is InChI=1S/C11H10N4O2S/c12-14-9-4-6-10(7-5-9)15(18(16)17)11-3-1-2-8-13-11/h1-8,12H,(H,16,17). The van der Waals surface area contributed by atoms with Gasteiger partial charge >= 0.3 is 0 Å². The van der Waals surface area contributed by atoms with E-state index < -0.39 is 11.3 Å².